The summed E-state index contributed by atoms with van der Waals surface area (Å²) >= 11 is 0. The molecule has 1 atom stereocenters. The lowest BCUT2D eigenvalue weighted by atomic mass is 10.1. The third kappa shape index (κ3) is 6.76. The van der Waals surface area contributed by atoms with Crippen LogP contribution in [0.4, 0.5) is 6.01 Å². The van der Waals surface area contributed by atoms with Crippen molar-refractivity contribution in [3.63, 3.8) is 0 Å². The number of para-hydroxylation sites is 1. The molecule has 0 saturated heterocycles. The van der Waals surface area contributed by atoms with Gasteiger partial charge in [0.1, 0.15) is 0 Å². The van der Waals surface area contributed by atoms with Gasteiger partial charge < -0.3 is 19.3 Å². The number of nitrogens with one attached hydrogen (secondary N) is 1. The first-order chi connectivity index (χ1) is 14.1. The molecule has 0 spiro atoms. The second-order valence-electron chi connectivity index (χ2n) is 7.05. The summed E-state index contributed by atoms with van der Waals surface area (Å²) in [5.41, 5.74) is 0.450. The minimum atomic E-state index is -0.147. The maximum absolute atomic E-state index is 12.8. The molecule has 2 aromatic rings. The summed E-state index contributed by atoms with van der Waals surface area (Å²) in [6, 6.07) is 5.96. The molecule has 1 heterocycles. The Bertz CT molecular complexity index is 760. The minimum absolute atomic E-state index is 0.0331. The standard InChI is InChI=1S/C22H33N3O4/c1-5-8-9-11-16(7-3)23-22-24-20(25-29-22)15-18(26)17-12-10-13-19(21(17)27-4)28-14-6-2/h10,12-13,16H,5-9,11,14-15H2,1-4H3,(H,23,24,25). The number of benzene rings is 1. The molecule has 0 saturated carbocycles. The van der Waals surface area contributed by atoms with Gasteiger partial charge >= 0.3 is 6.01 Å². The summed E-state index contributed by atoms with van der Waals surface area (Å²) in [5, 5.41) is 7.23. The van der Waals surface area contributed by atoms with Gasteiger partial charge in [0.15, 0.2) is 23.1 Å². The number of ether oxygens (including phenoxy) is 2. The largest absolute Gasteiger partial charge is 0.492 e. The molecule has 7 nitrogen and oxygen atoms in total. The van der Waals surface area contributed by atoms with Gasteiger partial charge in [-0.2, -0.15) is 4.98 Å². The maximum atomic E-state index is 12.8. The average molecular weight is 404 g/mol. The Kier molecular flexibility index (Phi) is 9.47. The number of anilines is 1. The van der Waals surface area contributed by atoms with Crippen LogP contribution in [0.5, 0.6) is 11.5 Å². The molecule has 0 aliphatic carbocycles. The molecule has 0 aliphatic heterocycles. The van der Waals surface area contributed by atoms with Crippen LogP contribution >= 0.6 is 0 Å². The van der Waals surface area contributed by atoms with Crippen LogP contribution in [0.3, 0.4) is 0 Å². The van der Waals surface area contributed by atoms with Crippen molar-refractivity contribution >= 4 is 11.8 Å². The molecule has 1 N–H and O–H groups in total. The van der Waals surface area contributed by atoms with Crippen LogP contribution in [0, 0.1) is 0 Å². The fourth-order valence-corrected chi connectivity index (χ4v) is 3.09. The predicted molar refractivity (Wildman–Crippen MR) is 113 cm³/mol. The fraction of sp³-hybridized carbons (Fsp3) is 0.591. The maximum Gasteiger partial charge on any atom is 0.321 e. The fourth-order valence-electron chi connectivity index (χ4n) is 3.09. The Morgan fingerprint density at radius 3 is 2.72 bits per heavy atom. The number of nitrogens with zero attached hydrogens (tertiary/aromatic N) is 2. The first-order valence-electron chi connectivity index (χ1n) is 10.5. The number of aromatic nitrogens is 2. The first-order valence-corrected chi connectivity index (χ1v) is 10.5. The van der Waals surface area contributed by atoms with E-state index in [-0.39, 0.29) is 18.2 Å². The van der Waals surface area contributed by atoms with Crippen LogP contribution in [0.15, 0.2) is 22.7 Å². The first kappa shape index (κ1) is 22.7. The molecule has 0 amide bonds. The number of ketones is 1. The van der Waals surface area contributed by atoms with Crippen molar-refractivity contribution in [3.8, 4) is 11.5 Å². The van der Waals surface area contributed by atoms with Crippen LogP contribution in [-0.4, -0.2) is 35.7 Å². The predicted octanol–water partition coefficient (Wildman–Crippen LogP) is 5.06. The van der Waals surface area contributed by atoms with Crippen molar-refractivity contribution in [3.05, 3.63) is 29.6 Å². The third-order valence-corrected chi connectivity index (χ3v) is 4.71. The van der Waals surface area contributed by atoms with Crippen LogP contribution < -0.4 is 14.8 Å². The molecular formula is C22H33N3O4. The molecule has 1 aromatic heterocycles. The highest BCUT2D eigenvalue weighted by molar-refractivity contribution is 6.00. The van der Waals surface area contributed by atoms with E-state index in [1.54, 1.807) is 18.2 Å². The lowest BCUT2D eigenvalue weighted by Gasteiger charge is -2.14. The summed E-state index contributed by atoms with van der Waals surface area (Å²) in [5.74, 6) is 1.21. The number of methoxy groups -OCH3 is 1. The van der Waals surface area contributed by atoms with E-state index in [1.165, 1.54) is 20.0 Å². The molecule has 0 fully saturated rings. The number of Topliss-reactive ketones (excluding diaryl/α,β-unsaturated/α-hetero) is 1. The Hall–Kier alpha value is -2.57. The molecule has 7 heteroatoms. The van der Waals surface area contributed by atoms with Gasteiger partial charge in [-0.1, -0.05) is 51.3 Å². The molecular weight excluding hydrogens is 370 g/mol. The van der Waals surface area contributed by atoms with Crippen molar-refractivity contribution in [2.24, 2.45) is 0 Å². The number of hydrogen-bond acceptors (Lipinski definition) is 7. The van der Waals surface area contributed by atoms with Gasteiger partial charge in [-0.25, -0.2) is 0 Å². The van der Waals surface area contributed by atoms with E-state index >= 15 is 0 Å². The zero-order valence-corrected chi connectivity index (χ0v) is 18.0. The smallest absolute Gasteiger partial charge is 0.321 e. The number of hydrogen-bond donors (Lipinski definition) is 1. The Morgan fingerprint density at radius 2 is 2.03 bits per heavy atom. The Morgan fingerprint density at radius 1 is 1.21 bits per heavy atom. The average Bonchev–Trinajstić information content (AvgIpc) is 3.17. The normalized spacial score (nSPS) is 11.9. The van der Waals surface area contributed by atoms with E-state index in [9.17, 15) is 4.79 Å². The van der Waals surface area contributed by atoms with Gasteiger partial charge in [-0.15, -0.1) is 0 Å². The summed E-state index contributed by atoms with van der Waals surface area (Å²) < 4.78 is 16.4. The SMILES string of the molecule is CCCCCC(CC)Nc1nc(CC(=O)c2cccc(OCCC)c2OC)no1. The monoisotopic (exact) mass is 403 g/mol. The second-order valence-corrected chi connectivity index (χ2v) is 7.05. The Labute approximate surface area is 173 Å². The Balaban J connectivity index is 2.03. The zero-order valence-electron chi connectivity index (χ0n) is 18.0. The number of carbonyl (C=O) groups excluding carboxylic acids is 1. The van der Waals surface area contributed by atoms with Crippen molar-refractivity contribution in [1.29, 1.82) is 0 Å². The lowest BCUT2D eigenvalue weighted by molar-refractivity contribution is 0.0986. The molecule has 160 valence electrons. The van der Waals surface area contributed by atoms with E-state index in [4.69, 9.17) is 14.0 Å². The zero-order chi connectivity index (χ0) is 21.1. The number of rotatable bonds is 14. The van der Waals surface area contributed by atoms with E-state index < -0.39 is 0 Å². The van der Waals surface area contributed by atoms with Gasteiger partial charge in [0, 0.05) is 6.04 Å². The van der Waals surface area contributed by atoms with Crippen molar-refractivity contribution in [2.75, 3.05) is 19.0 Å². The van der Waals surface area contributed by atoms with Crippen molar-refractivity contribution < 1.29 is 18.8 Å². The van der Waals surface area contributed by atoms with Crippen molar-refractivity contribution in [2.45, 2.75) is 71.8 Å². The van der Waals surface area contributed by atoms with Crippen LogP contribution in [0.1, 0.15) is 75.5 Å². The highest BCUT2D eigenvalue weighted by Crippen LogP contribution is 2.32. The lowest BCUT2D eigenvalue weighted by Crippen LogP contribution is -2.18. The highest BCUT2D eigenvalue weighted by atomic mass is 16.5. The van der Waals surface area contributed by atoms with Crippen molar-refractivity contribution in [1.82, 2.24) is 10.1 Å². The number of unbranched alkanes of at least 4 members (excludes halogenated alkanes) is 2. The topological polar surface area (TPSA) is 86.5 Å². The third-order valence-electron chi connectivity index (χ3n) is 4.71. The minimum Gasteiger partial charge on any atom is -0.492 e. The molecule has 0 aliphatic rings. The second kappa shape index (κ2) is 12.1. The molecule has 29 heavy (non-hydrogen) atoms. The highest BCUT2D eigenvalue weighted by Gasteiger charge is 2.20. The van der Waals surface area contributed by atoms with Gasteiger partial charge in [-0.3, -0.25) is 4.79 Å². The van der Waals surface area contributed by atoms with E-state index in [0.717, 1.165) is 25.7 Å². The van der Waals surface area contributed by atoms with Crippen LogP contribution in [0.25, 0.3) is 0 Å². The number of carbonyl (C=O) groups is 1. The van der Waals surface area contributed by atoms with E-state index in [1.807, 2.05) is 6.92 Å². The molecule has 0 bridgehead atoms. The summed E-state index contributed by atoms with van der Waals surface area (Å²) in [6.07, 6.45) is 6.51. The molecule has 0 radical (unpaired) electrons. The summed E-state index contributed by atoms with van der Waals surface area (Å²) in [4.78, 5) is 17.1. The van der Waals surface area contributed by atoms with Gasteiger partial charge in [0.05, 0.1) is 25.7 Å². The summed E-state index contributed by atoms with van der Waals surface area (Å²) in [7, 11) is 1.53. The molecule has 2 rings (SSSR count). The summed E-state index contributed by atoms with van der Waals surface area (Å²) in [6.45, 7) is 6.90. The van der Waals surface area contributed by atoms with E-state index in [2.05, 4.69) is 29.3 Å². The van der Waals surface area contributed by atoms with Gasteiger partial charge in [0.2, 0.25) is 0 Å². The quantitative estimate of drug-likeness (QED) is 0.348. The van der Waals surface area contributed by atoms with Gasteiger partial charge in [0.25, 0.3) is 0 Å². The van der Waals surface area contributed by atoms with Crippen LogP contribution in [-0.2, 0) is 6.42 Å². The molecule has 1 aromatic carbocycles. The molecule has 1 unspecified atom stereocenters. The van der Waals surface area contributed by atoms with E-state index in [0.29, 0.717) is 35.5 Å². The van der Waals surface area contributed by atoms with Crippen LogP contribution in [0.2, 0.25) is 0 Å². The van der Waals surface area contributed by atoms with Gasteiger partial charge in [-0.05, 0) is 31.4 Å².